The van der Waals surface area contributed by atoms with Gasteiger partial charge in [-0.25, -0.2) is 0 Å². The van der Waals surface area contributed by atoms with E-state index in [9.17, 15) is 4.79 Å². The number of rotatable bonds is 3. The Morgan fingerprint density at radius 1 is 1.50 bits per heavy atom. The third kappa shape index (κ3) is 2.40. The first kappa shape index (κ1) is 14.1. The summed E-state index contributed by atoms with van der Waals surface area (Å²) in [5.41, 5.74) is 1.61. The summed E-state index contributed by atoms with van der Waals surface area (Å²) in [6.07, 6.45) is 4.42. The molecule has 3 atom stereocenters. The SMILES string of the molecule is CCC1NC(c2ccsc2)N(C2CCC(C)(C)C2)C1=O. The molecular weight excluding hydrogens is 268 g/mol. The van der Waals surface area contributed by atoms with Crippen molar-refractivity contribution in [1.29, 1.82) is 0 Å². The van der Waals surface area contributed by atoms with E-state index in [1.807, 2.05) is 0 Å². The molecule has 20 heavy (non-hydrogen) atoms. The molecule has 1 aliphatic carbocycles. The van der Waals surface area contributed by atoms with E-state index in [-0.39, 0.29) is 12.2 Å². The number of hydrogen-bond acceptors (Lipinski definition) is 3. The van der Waals surface area contributed by atoms with Crippen LogP contribution < -0.4 is 5.32 Å². The quantitative estimate of drug-likeness (QED) is 0.924. The molecule has 4 heteroatoms. The van der Waals surface area contributed by atoms with Gasteiger partial charge in [0.15, 0.2) is 0 Å². The van der Waals surface area contributed by atoms with Gasteiger partial charge in [-0.3, -0.25) is 10.1 Å². The molecule has 3 nitrogen and oxygen atoms in total. The first-order valence-corrected chi connectivity index (χ1v) is 8.56. The molecule has 3 rings (SSSR count). The van der Waals surface area contributed by atoms with E-state index in [4.69, 9.17) is 0 Å². The number of nitrogens with zero attached hydrogens (tertiary/aromatic N) is 1. The predicted molar refractivity (Wildman–Crippen MR) is 82.5 cm³/mol. The minimum absolute atomic E-state index is 0.0105. The number of nitrogens with one attached hydrogen (secondary N) is 1. The molecule has 1 saturated carbocycles. The largest absolute Gasteiger partial charge is 0.319 e. The van der Waals surface area contributed by atoms with Gasteiger partial charge < -0.3 is 4.90 Å². The van der Waals surface area contributed by atoms with Gasteiger partial charge in [0.25, 0.3) is 0 Å². The number of hydrogen-bond donors (Lipinski definition) is 1. The molecule has 3 unspecified atom stereocenters. The zero-order valence-electron chi connectivity index (χ0n) is 12.6. The molecule has 1 saturated heterocycles. The molecule has 0 spiro atoms. The minimum Gasteiger partial charge on any atom is -0.319 e. The lowest BCUT2D eigenvalue weighted by Crippen LogP contribution is -2.39. The Balaban J connectivity index is 1.87. The van der Waals surface area contributed by atoms with Gasteiger partial charge in [0.1, 0.15) is 6.17 Å². The summed E-state index contributed by atoms with van der Waals surface area (Å²) in [5.74, 6) is 0.298. The molecule has 2 heterocycles. The number of carbonyl (C=O) groups excluding carboxylic acids is 1. The van der Waals surface area contributed by atoms with Crippen molar-refractivity contribution in [2.75, 3.05) is 0 Å². The summed E-state index contributed by atoms with van der Waals surface area (Å²) in [6, 6.07) is 2.52. The van der Waals surface area contributed by atoms with Gasteiger partial charge in [0, 0.05) is 6.04 Å². The van der Waals surface area contributed by atoms with Crippen molar-refractivity contribution < 1.29 is 4.79 Å². The van der Waals surface area contributed by atoms with E-state index < -0.39 is 0 Å². The van der Waals surface area contributed by atoms with Crippen molar-refractivity contribution >= 4 is 17.2 Å². The van der Waals surface area contributed by atoms with Crippen LogP contribution in [-0.2, 0) is 4.79 Å². The monoisotopic (exact) mass is 292 g/mol. The Labute approximate surface area is 125 Å². The van der Waals surface area contributed by atoms with Crippen LogP contribution >= 0.6 is 11.3 Å². The topological polar surface area (TPSA) is 32.3 Å². The predicted octanol–water partition coefficient (Wildman–Crippen LogP) is 3.54. The maximum Gasteiger partial charge on any atom is 0.241 e. The molecule has 1 aromatic rings. The third-order valence-corrected chi connectivity index (χ3v) is 5.49. The number of amides is 1. The number of thiophene rings is 1. The van der Waals surface area contributed by atoms with Gasteiger partial charge in [0.2, 0.25) is 5.91 Å². The molecule has 2 fully saturated rings. The van der Waals surface area contributed by atoms with Crippen molar-refractivity contribution in [3.63, 3.8) is 0 Å². The summed E-state index contributed by atoms with van der Waals surface area (Å²) in [5, 5.41) is 7.79. The Morgan fingerprint density at radius 3 is 2.85 bits per heavy atom. The van der Waals surface area contributed by atoms with E-state index in [0.717, 1.165) is 19.3 Å². The van der Waals surface area contributed by atoms with Crippen LogP contribution in [0.5, 0.6) is 0 Å². The van der Waals surface area contributed by atoms with E-state index in [2.05, 4.69) is 47.8 Å². The third-order valence-electron chi connectivity index (χ3n) is 4.79. The fraction of sp³-hybridized carbons (Fsp3) is 0.688. The summed E-state index contributed by atoms with van der Waals surface area (Å²) in [6.45, 7) is 6.72. The molecule has 1 aromatic heterocycles. The molecule has 0 radical (unpaired) electrons. The highest BCUT2D eigenvalue weighted by Crippen LogP contribution is 2.43. The Hall–Kier alpha value is -0.870. The van der Waals surface area contributed by atoms with Gasteiger partial charge in [-0.2, -0.15) is 11.3 Å². The minimum atomic E-state index is -0.0105. The zero-order valence-corrected chi connectivity index (χ0v) is 13.4. The van der Waals surface area contributed by atoms with E-state index in [0.29, 0.717) is 17.4 Å². The van der Waals surface area contributed by atoms with Crippen LogP contribution in [0.15, 0.2) is 16.8 Å². The second-order valence-corrected chi connectivity index (χ2v) is 7.67. The second-order valence-electron chi connectivity index (χ2n) is 6.89. The van der Waals surface area contributed by atoms with Crippen molar-refractivity contribution in [3.8, 4) is 0 Å². The van der Waals surface area contributed by atoms with Crippen LogP contribution in [0.3, 0.4) is 0 Å². The van der Waals surface area contributed by atoms with Crippen LogP contribution in [0.25, 0.3) is 0 Å². The smallest absolute Gasteiger partial charge is 0.241 e. The van der Waals surface area contributed by atoms with Gasteiger partial charge in [-0.1, -0.05) is 20.8 Å². The molecule has 2 aliphatic rings. The molecule has 0 bridgehead atoms. The van der Waals surface area contributed by atoms with Crippen LogP contribution in [-0.4, -0.2) is 22.9 Å². The highest BCUT2D eigenvalue weighted by Gasteiger charge is 2.45. The maximum atomic E-state index is 12.7. The Kier molecular flexibility index (Phi) is 3.63. The lowest BCUT2D eigenvalue weighted by molar-refractivity contribution is -0.132. The van der Waals surface area contributed by atoms with Gasteiger partial charge in [-0.05, 0) is 53.5 Å². The van der Waals surface area contributed by atoms with Crippen molar-refractivity contribution in [2.45, 2.75) is 64.7 Å². The van der Waals surface area contributed by atoms with Gasteiger partial charge in [0.05, 0.1) is 6.04 Å². The average Bonchev–Trinajstić information content (AvgIpc) is 3.08. The van der Waals surface area contributed by atoms with E-state index in [1.165, 1.54) is 12.0 Å². The van der Waals surface area contributed by atoms with Crippen LogP contribution in [0, 0.1) is 5.41 Å². The lowest BCUT2D eigenvalue weighted by atomic mass is 9.91. The molecule has 110 valence electrons. The molecule has 1 amide bonds. The maximum absolute atomic E-state index is 12.7. The van der Waals surface area contributed by atoms with Crippen molar-refractivity contribution in [3.05, 3.63) is 22.4 Å². The van der Waals surface area contributed by atoms with Crippen molar-refractivity contribution in [1.82, 2.24) is 10.2 Å². The average molecular weight is 292 g/mol. The highest BCUT2D eigenvalue weighted by atomic mass is 32.1. The molecule has 1 N–H and O–H groups in total. The zero-order chi connectivity index (χ0) is 14.3. The van der Waals surface area contributed by atoms with Crippen molar-refractivity contribution in [2.24, 2.45) is 5.41 Å². The van der Waals surface area contributed by atoms with Crippen LogP contribution in [0.2, 0.25) is 0 Å². The first-order valence-electron chi connectivity index (χ1n) is 7.62. The molecule has 1 aliphatic heterocycles. The lowest BCUT2D eigenvalue weighted by Gasteiger charge is -2.31. The summed E-state index contributed by atoms with van der Waals surface area (Å²) < 4.78 is 0. The highest BCUT2D eigenvalue weighted by molar-refractivity contribution is 7.07. The van der Waals surface area contributed by atoms with Crippen LogP contribution in [0.1, 0.15) is 58.2 Å². The normalized spacial score (nSPS) is 33.0. The first-order chi connectivity index (χ1) is 9.52. The summed E-state index contributed by atoms with van der Waals surface area (Å²) >= 11 is 1.70. The molecular formula is C16H24N2OS. The molecule has 0 aromatic carbocycles. The van der Waals surface area contributed by atoms with E-state index in [1.54, 1.807) is 11.3 Å². The summed E-state index contributed by atoms with van der Waals surface area (Å²) in [4.78, 5) is 14.9. The Bertz CT molecular complexity index is 483. The van der Waals surface area contributed by atoms with E-state index >= 15 is 0 Å². The fourth-order valence-corrected chi connectivity index (χ4v) is 4.34. The second kappa shape index (κ2) is 5.15. The number of carbonyl (C=O) groups is 1. The van der Waals surface area contributed by atoms with Gasteiger partial charge >= 0.3 is 0 Å². The summed E-state index contributed by atoms with van der Waals surface area (Å²) in [7, 11) is 0. The Morgan fingerprint density at radius 2 is 2.30 bits per heavy atom. The van der Waals surface area contributed by atoms with Crippen LogP contribution in [0.4, 0.5) is 0 Å². The fourth-order valence-electron chi connectivity index (χ4n) is 3.66. The standard InChI is InChI=1S/C16H24N2OS/c1-4-13-15(19)18(12-5-7-16(2,3)9-12)14(17-13)11-6-8-20-10-11/h6,8,10,12-14,17H,4-5,7,9H2,1-3H3. The van der Waals surface area contributed by atoms with Gasteiger partial charge in [-0.15, -0.1) is 0 Å².